The van der Waals surface area contributed by atoms with E-state index in [1.807, 2.05) is 18.2 Å². The lowest BCUT2D eigenvalue weighted by molar-refractivity contribution is -0.123. The van der Waals surface area contributed by atoms with Gasteiger partial charge in [0.15, 0.2) is 0 Å². The molecule has 1 aliphatic heterocycles. The summed E-state index contributed by atoms with van der Waals surface area (Å²) < 4.78 is 5.15. The number of methoxy groups -OCH3 is 1. The minimum Gasteiger partial charge on any atom is -0.497 e. The first-order chi connectivity index (χ1) is 11.6. The largest absolute Gasteiger partial charge is 0.497 e. The normalized spacial score (nSPS) is 18.9. The van der Waals surface area contributed by atoms with Crippen molar-refractivity contribution in [2.24, 2.45) is 5.92 Å². The van der Waals surface area contributed by atoms with E-state index in [1.165, 1.54) is 0 Å². The molecule has 1 heterocycles. The number of rotatable bonds is 6. The molecular weight excluding hydrogens is 306 g/mol. The Morgan fingerprint density at radius 1 is 1.21 bits per heavy atom. The highest BCUT2D eigenvalue weighted by Crippen LogP contribution is 2.29. The molecule has 2 fully saturated rings. The van der Waals surface area contributed by atoms with Gasteiger partial charge in [0.1, 0.15) is 5.75 Å². The molecule has 0 unspecified atom stereocenters. The molecule has 2 N–H and O–H groups in total. The van der Waals surface area contributed by atoms with E-state index in [4.69, 9.17) is 4.74 Å². The van der Waals surface area contributed by atoms with Crippen molar-refractivity contribution in [1.82, 2.24) is 10.2 Å². The molecule has 1 saturated carbocycles. The summed E-state index contributed by atoms with van der Waals surface area (Å²) in [5, 5.41) is 6.03. The van der Waals surface area contributed by atoms with Crippen LogP contribution in [0.4, 0.5) is 5.69 Å². The zero-order valence-corrected chi connectivity index (χ0v) is 14.1. The van der Waals surface area contributed by atoms with Crippen molar-refractivity contribution >= 4 is 17.5 Å². The molecule has 2 aliphatic rings. The van der Waals surface area contributed by atoms with Gasteiger partial charge in [-0.25, -0.2) is 0 Å². The molecule has 24 heavy (non-hydrogen) atoms. The molecule has 2 amide bonds. The van der Waals surface area contributed by atoms with Gasteiger partial charge in [-0.3, -0.25) is 14.5 Å². The van der Waals surface area contributed by atoms with Crippen LogP contribution in [0.2, 0.25) is 0 Å². The third kappa shape index (κ3) is 4.71. The molecule has 0 bridgehead atoms. The quantitative estimate of drug-likeness (QED) is 0.831. The van der Waals surface area contributed by atoms with Gasteiger partial charge < -0.3 is 15.4 Å². The Hall–Kier alpha value is -2.08. The summed E-state index contributed by atoms with van der Waals surface area (Å²) in [6.07, 6.45) is 3.89. The fraction of sp³-hybridized carbons (Fsp3) is 0.556. The van der Waals surface area contributed by atoms with Crippen LogP contribution in [-0.2, 0) is 9.59 Å². The lowest BCUT2D eigenvalue weighted by atomic mass is 10.0. The Labute approximate surface area is 142 Å². The van der Waals surface area contributed by atoms with E-state index >= 15 is 0 Å². The number of likely N-dealkylation sites (tertiary alicyclic amines) is 1. The summed E-state index contributed by atoms with van der Waals surface area (Å²) in [4.78, 5) is 26.1. The number of amides is 2. The average molecular weight is 331 g/mol. The second-order valence-electron chi connectivity index (χ2n) is 6.61. The van der Waals surface area contributed by atoms with Gasteiger partial charge in [0.05, 0.1) is 13.7 Å². The van der Waals surface area contributed by atoms with Crippen molar-refractivity contribution in [3.05, 3.63) is 24.3 Å². The molecule has 1 aliphatic carbocycles. The monoisotopic (exact) mass is 331 g/mol. The van der Waals surface area contributed by atoms with Crippen LogP contribution in [0.5, 0.6) is 5.75 Å². The van der Waals surface area contributed by atoms with Crippen molar-refractivity contribution in [2.75, 3.05) is 32.1 Å². The second kappa shape index (κ2) is 7.66. The molecule has 0 aromatic heterocycles. The second-order valence-corrected chi connectivity index (χ2v) is 6.61. The van der Waals surface area contributed by atoms with Crippen LogP contribution in [0.25, 0.3) is 0 Å². The molecule has 1 aromatic rings. The summed E-state index contributed by atoms with van der Waals surface area (Å²) in [6, 6.07) is 7.60. The molecule has 6 heteroatoms. The Morgan fingerprint density at radius 2 is 1.96 bits per heavy atom. The number of hydrogen-bond donors (Lipinski definition) is 2. The van der Waals surface area contributed by atoms with Gasteiger partial charge in [0, 0.05) is 36.8 Å². The van der Waals surface area contributed by atoms with E-state index < -0.39 is 0 Å². The molecule has 0 spiro atoms. The van der Waals surface area contributed by atoms with E-state index in [0.29, 0.717) is 6.54 Å². The number of benzene rings is 1. The first kappa shape index (κ1) is 16.8. The van der Waals surface area contributed by atoms with E-state index in [0.717, 1.165) is 50.2 Å². The molecule has 6 nitrogen and oxygen atoms in total. The summed E-state index contributed by atoms with van der Waals surface area (Å²) in [5.41, 5.74) is 0.742. The number of nitrogens with zero attached hydrogens (tertiary/aromatic N) is 1. The van der Waals surface area contributed by atoms with Crippen LogP contribution in [0.3, 0.4) is 0 Å². The Bertz CT molecular complexity index is 593. The Morgan fingerprint density at radius 3 is 2.62 bits per heavy atom. The smallest absolute Gasteiger partial charge is 0.238 e. The van der Waals surface area contributed by atoms with Crippen molar-refractivity contribution < 1.29 is 14.3 Å². The zero-order chi connectivity index (χ0) is 16.9. The molecule has 0 radical (unpaired) electrons. The number of carbonyl (C=O) groups excluding carboxylic acids is 2. The number of ether oxygens (including phenoxy) is 1. The van der Waals surface area contributed by atoms with Gasteiger partial charge in [-0.2, -0.15) is 0 Å². The van der Waals surface area contributed by atoms with Crippen molar-refractivity contribution in [3.8, 4) is 5.75 Å². The maximum absolute atomic E-state index is 12.2. The number of piperidine rings is 1. The Balaban J connectivity index is 1.40. The van der Waals surface area contributed by atoms with Crippen molar-refractivity contribution in [3.63, 3.8) is 0 Å². The third-order valence-electron chi connectivity index (χ3n) is 4.60. The minimum atomic E-state index is -0.0243. The summed E-state index contributed by atoms with van der Waals surface area (Å²) in [5.74, 6) is 1.17. The lowest BCUT2D eigenvalue weighted by Crippen LogP contribution is -2.46. The summed E-state index contributed by atoms with van der Waals surface area (Å²) in [6.45, 7) is 2.04. The van der Waals surface area contributed by atoms with Gasteiger partial charge in [-0.1, -0.05) is 6.07 Å². The summed E-state index contributed by atoms with van der Waals surface area (Å²) >= 11 is 0. The van der Waals surface area contributed by atoms with Crippen molar-refractivity contribution in [1.29, 1.82) is 0 Å². The maximum atomic E-state index is 12.2. The molecule has 3 rings (SSSR count). The first-order valence-corrected chi connectivity index (χ1v) is 8.60. The SMILES string of the molecule is COc1cccc(NC(=O)CN2CCC(NC(=O)C3CC3)CC2)c1. The summed E-state index contributed by atoms with van der Waals surface area (Å²) in [7, 11) is 1.60. The fourth-order valence-electron chi connectivity index (χ4n) is 3.00. The zero-order valence-electron chi connectivity index (χ0n) is 14.1. The molecule has 1 aromatic carbocycles. The van der Waals surface area contributed by atoms with E-state index in [-0.39, 0.29) is 23.8 Å². The maximum Gasteiger partial charge on any atom is 0.238 e. The highest BCUT2D eigenvalue weighted by atomic mass is 16.5. The topological polar surface area (TPSA) is 70.7 Å². The molecule has 0 atom stereocenters. The highest BCUT2D eigenvalue weighted by Gasteiger charge is 2.31. The van der Waals surface area contributed by atoms with E-state index in [1.54, 1.807) is 13.2 Å². The number of hydrogen-bond acceptors (Lipinski definition) is 4. The average Bonchev–Trinajstić information content (AvgIpc) is 3.42. The van der Waals surface area contributed by atoms with Crippen molar-refractivity contribution in [2.45, 2.75) is 31.7 Å². The number of carbonyl (C=O) groups is 2. The fourth-order valence-corrected chi connectivity index (χ4v) is 3.00. The van der Waals surface area contributed by atoms with E-state index in [9.17, 15) is 9.59 Å². The molecule has 1 saturated heterocycles. The van der Waals surface area contributed by atoms with E-state index in [2.05, 4.69) is 15.5 Å². The predicted molar refractivity (Wildman–Crippen MR) is 92.0 cm³/mol. The Kier molecular flexibility index (Phi) is 5.35. The minimum absolute atomic E-state index is 0.0243. The van der Waals surface area contributed by atoms with Gasteiger partial charge in [0.25, 0.3) is 0 Å². The van der Waals surface area contributed by atoms with Crippen LogP contribution in [0.15, 0.2) is 24.3 Å². The lowest BCUT2D eigenvalue weighted by Gasteiger charge is -2.31. The first-order valence-electron chi connectivity index (χ1n) is 8.60. The van der Waals surface area contributed by atoms with Crippen LogP contribution < -0.4 is 15.4 Å². The van der Waals surface area contributed by atoms with Crippen LogP contribution >= 0.6 is 0 Å². The van der Waals surface area contributed by atoms with Gasteiger partial charge in [0.2, 0.25) is 11.8 Å². The number of anilines is 1. The van der Waals surface area contributed by atoms with Crippen LogP contribution in [0.1, 0.15) is 25.7 Å². The molecule has 130 valence electrons. The van der Waals surface area contributed by atoms with Gasteiger partial charge in [-0.15, -0.1) is 0 Å². The number of nitrogens with one attached hydrogen (secondary N) is 2. The predicted octanol–water partition coefficient (Wildman–Crippen LogP) is 1.62. The highest BCUT2D eigenvalue weighted by molar-refractivity contribution is 5.92. The van der Waals surface area contributed by atoms with Crippen LogP contribution in [-0.4, -0.2) is 49.5 Å². The van der Waals surface area contributed by atoms with Gasteiger partial charge in [-0.05, 0) is 37.8 Å². The molecular formula is C18H25N3O3. The van der Waals surface area contributed by atoms with Crippen LogP contribution in [0, 0.1) is 5.92 Å². The standard InChI is InChI=1S/C18H25N3O3/c1-24-16-4-2-3-15(11-16)19-17(22)12-21-9-7-14(8-10-21)20-18(23)13-5-6-13/h2-4,11,13-14H,5-10,12H2,1H3,(H,19,22)(H,20,23). The van der Waals surface area contributed by atoms with Gasteiger partial charge >= 0.3 is 0 Å². The third-order valence-corrected chi connectivity index (χ3v) is 4.60.